The molecule has 0 bridgehead atoms. The van der Waals surface area contributed by atoms with Gasteiger partial charge in [0.05, 0.1) is 6.10 Å². The lowest BCUT2D eigenvalue weighted by molar-refractivity contribution is 0.126. The molecule has 1 unspecified atom stereocenters. The fourth-order valence-corrected chi connectivity index (χ4v) is 2.00. The smallest absolute Gasteiger partial charge is 0.0928 e. The van der Waals surface area contributed by atoms with Crippen molar-refractivity contribution in [1.29, 1.82) is 0 Å². The number of aliphatic hydroxyl groups excluding tert-OH is 1. The van der Waals surface area contributed by atoms with E-state index in [1.807, 2.05) is 18.2 Å². The van der Waals surface area contributed by atoms with Crippen LogP contribution in [0.4, 0.5) is 0 Å². The van der Waals surface area contributed by atoms with Crippen LogP contribution in [0.15, 0.2) is 24.3 Å². The third-order valence-corrected chi connectivity index (χ3v) is 3.23. The van der Waals surface area contributed by atoms with Crippen LogP contribution >= 0.6 is 11.6 Å². The second-order valence-electron chi connectivity index (χ2n) is 4.56. The Kier molecular flexibility index (Phi) is 8.84. The lowest BCUT2D eigenvalue weighted by Crippen LogP contribution is -2.23. The third-order valence-electron chi connectivity index (χ3n) is 2.89. The number of ether oxygens (including phenoxy) is 1. The van der Waals surface area contributed by atoms with Crippen LogP contribution in [0.3, 0.4) is 0 Å². The van der Waals surface area contributed by atoms with Crippen LogP contribution in [-0.4, -0.2) is 31.4 Å². The second kappa shape index (κ2) is 10.2. The minimum absolute atomic E-state index is 0.513. The van der Waals surface area contributed by atoms with Gasteiger partial charge in [-0.15, -0.1) is 0 Å². The summed E-state index contributed by atoms with van der Waals surface area (Å²) in [5, 5.41) is 13.8. The van der Waals surface area contributed by atoms with E-state index in [1.54, 1.807) is 6.07 Å². The van der Waals surface area contributed by atoms with Crippen molar-refractivity contribution in [3.8, 4) is 0 Å². The summed E-state index contributed by atoms with van der Waals surface area (Å²) >= 11 is 6.02. The van der Waals surface area contributed by atoms with Gasteiger partial charge in [-0.05, 0) is 25.5 Å². The maximum Gasteiger partial charge on any atom is 0.0928 e. The molecule has 0 aliphatic rings. The molecule has 1 atom stereocenters. The number of benzene rings is 1. The fourth-order valence-electron chi connectivity index (χ4n) is 1.74. The van der Waals surface area contributed by atoms with E-state index in [-0.39, 0.29) is 0 Å². The minimum atomic E-state index is -0.560. The van der Waals surface area contributed by atoms with E-state index in [1.165, 1.54) is 6.42 Å². The van der Waals surface area contributed by atoms with Gasteiger partial charge < -0.3 is 15.2 Å². The molecular formula is C15H24ClNO2. The van der Waals surface area contributed by atoms with Gasteiger partial charge >= 0.3 is 0 Å². The maximum atomic E-state index is 10.00. The molecule has 0 aromatic heterocycles. The van der Waals surface area contributed by atoms with Crippen LogP contribution in [-0.2, 0) is 4.74 Å². The number of nitrogens with one attached hydrogen (secondary N) is 1. The normalized spacial score (nSPS) is 12.6. The molecule has 1 rings (SSSR count). The molecule has 108 valence electrons. The number of hydrogen-bond acceptors (Lipinski definition) is 3. The van der Waals surface area contributed by atoms with Gasteiger partial charge in [0.1, 0.15) is 0 Å². The van der Waals surface area contributed by atoms with Gasteiger partial charge in [0.2, 0.25) is 0 Å². The monoisotopic (exact) mass is 285 g/mol. The molecule has 0 heterocycles. The van der Waals surface area contributed by atoms with Crippen molar-refractivity contribution in [2.45, 2.75) is 32.3 Å². The van der Waals surface area contributed by atoms with Crippen LogP contribution in [0, 0.1) is 0 Å². The van der Waals surface area contributed by atoms with E-state index in [4.69, 9.17) is 16.3 Å². The van der Waals surface area contributed by atoms with Crippen molar-refractivity contribution in [2.75, 3.05) is 26.3 Å². The van der Waals surface area contributed by atoms with Crippen molar-refractivity contribution in [3.05, 3.63) is 34.9 Å². The summed E-state index contributed by atoms with van der Waals surface area (Å²) in [4.78, 5) is 0. The van der Waals surface area contributed by atoms with E-state index in [2.05, 4.69) is 12.2 Å². The summed E-state index contributed by atoms with van der Waals surface area (Å²) in [5.41, 5.74) is 0.774. The van der Waals surface area contributed by atoms with E-state index in [9.17, 15) is 5.11 Å². The van der Waals surface area contributed by atoms with E-state index in [0.29, 0.717) is 11.6 Å². The Balaban J connectivity index is 2.08. The number of aliphatic hydroxyl groups is 1. The van der Waals surface area contributed by atoms with E-state index < -0.39 is 6.10 Å². The summed E-state index contributed by atoms with van der Waals surface area (Å²) in [6.07, 6.45) is 2.69. The molecule has 0 aliphatic carbocycles. The third kappa shape index (κ3) is 6.92. The highest BCUT2D eigenvalue weighted by atomic mass is 35.5. The van der Waals surface area contributed by atoms with Crippen molar-refractivity contribution >= 4 is 11.6 Å². The molecule has 0 saturated carbocycles. The highest BCUT2D eigenvalue weighted by Crippen LogP contribution is 2.21. The van der Waals surface area contributed by atoms with Gasteiger partial charge in [-0.25, -0.2) is 0 Å². The van der Waals surface area contributed by atoms with Crippen LogP contribution in [0.2, 0.25) is 5.02 Å². The molecule has 3 nitrogen and oxygen atoms in total. The fraction of sp³-hybridized carbons (Fsp3) is 0.600. The SMILES string of the molecule is CCCCOCCCNCC(O)c1ccccc1Cl. The van der Waals surface area contributed by atoms with Crippen LogP contribution in [0.1, 0.15) is 37.9 Å². The number of hydrogen-bond donors (Lipinski definition) is 2. The summed E-state index contributed by atoms with van der Waals surface area (Å²) in [5.74, 6) is 0. The maximum absolute atomic E-state index is 10.00. The first kappa shape index (κ1) is 16.4. The Morgan fingerprint density at radius 3 is 2.74 bits per heavy atom. The highest BCUT2D eigenvalue weighted by Gasteiger charge is 2.09. The molecule has 0 aliphatic heterocycles. The van der Waals surface area contributed by atoms with E-state index in [0.717, 1.165) is 38.2 Å². The lowest BCUT2D eigenvalue weighted by atomic mass is 10.1. The number of halogens is 1. The molecule has 0 saturated heterocycles. The number of unbranched alkanes of at least 4 members (excludes halogenated alkanes) is 1. The summed E-state index contributed by atoms with van der Waals surface area (Å²) in [6, 6.07) is 7.38. The molecule has 0 fully saturated rings. The van der Waals surface area contributed by atoms with Crippen LogP contribution in [0.25, 0.3) is 0 Å². The summed E-state index contributed by atoms with van der Waals surface area (Å²) in [6.45, 7) is 5.13. The molecule has 4 heteroatoms. The van der Waals surface area contributed by atoms with Crippen molar-refractivity contribution in [2.24, 2.45) is 0 Å². The number of rotatable bonds is 10. The topological polar surface area (TPSA) is 41.5 Å². The molecule has 1 aromatic carbocycles. The Hall–Kier alpha value is -0.610. The Morgan fingerprint density at radius 2 is 2.00 bits per heavy atom. The largest absolute Gasteiger partial charge is 0.387 e. The van der Waals surface area contributed by atoms with Crippen LogP contribution < -0.4 is 5.32 Å². The van der Waals surface area contributed by atoms with Gasteiger partial charge in [0.25, 0.3) is 0 Å². The minimum Gasteiger partial charge on any atom is -0.387 e. The lowest BCUT2D eigenvalue weighted by Gasteiger charge is -2.13. The van der Waals surface area contributed by atoms with Gasteiger partial charge in [-0.2, -0.15) is 0 Å². The first-order valence-electron chi connectivity index (χ1n) is 6.96. The zero-order valence-electron chi connectivity index (χ0n) is 11.6. The van der Waals surface area contributed by atoms with Gasteiger partial charge in [-0.3, -0.25) is 0 Å². The van der Waals surface area contributed by atoms with Gasteiger partial charge in [0.15, 0.2) is 0 Å². The standard InChI is InChI=1S/C15H24ClNO2/c1-2-3-10-19-11-6-9-17-12-15(18)13-7-4-5-8-14(13)16/h4-5,7-8,15,17-18H,2-3,6,9-12H2,1H3. The molecule has 2 N–H and O–H groups in total. The van der Waals surface area contributed by atoms with Crippen molar-refractivity contribution in [1.82, 2.24) is 5.32 Å². The molecule has 0 amide bonds. The molecule has 0 spiro atoms. The average molecular weight is 286 g/mol. The summed E-state index contributed by atoms with van der Waals surface area (Å²) < 4.78 is 5.46. The Bertz CT molecular complexity index is 347. The van der Waals surface area contributed by atoms with Gasteiger partial charge in [0, 0.05) is 30.3 Å². The molecule has 0 radical (unpaired) electrons. The molecule has 1 aromatic rings. The van der Waals surface area contributed by atoms with E-state index >= 15 is 0 Å². The summed E-state index contributed by atoms with van der Waals surface area (Å²) in [7, 11) is 0. The Morgan fingerprint density at radius 1 is 1.26 bits per heavy atom. The van der Waals surface area contributed by atoms with Crippen LogP contribution in [0.5, 0.6) is 0 Å². The van der Waals surface area contributed by atoms with Crippen molar-refractivity contribution < 1.29 is 9.84 Å². The zero-order chi connectivity index (χ0) is 13.9. The predicted molar refractivity (Wildman–Crippen MR) is 79.6 cm³/mol. The first-order valence-corrected chi connectivity index (χ1v) is 7.34. The quantitative estimate of drug-likeness (QED) is 0.649. The Labute approximate surface area is 120 Å². The predicted octanol–water partition coefficient (Wildman–Crippen LogP) is 3.17. The zero-order valence-corrected chi connectivity index (χ0v) is 12.3. The molecular weight excluding hydrogens is 262 g/mol. The van der Waals surface area contributed by atoms with Gasteiger partial charge in [-0.1, -0.05) is 43.1 Å². The average Bonchev–Trinajstić information content (AvgIpc) is 2.42. The highest BCUT2D eigenvalue weighted by molar-refractivity contribution is 6.31. The first-order chi connectivity index (χ1) is 9.25. The second-order valence-corrected chi connectivity index (χ2v) is 4.97. The molecule has 19 heavy (non-hydrogen) atoms. The van der Waals surface area contributed by atoms with Crippen molar-refractivity contribution in [3.63, 3.8) is 0 Å².